The molecule has 29 heavy (non-hydrogen) atoms. The molecule has 2 amide bonds. The minimum Gasteiger partial charge on any atom is -0.497 e. The number of benzene rings is 2. The molecule has 2 N–H and O–H groups in total. The number of likely N-dealkylation sites (N-methyl/N-ethyl adjacent to an activating group) is 1. The third-order valence-corrected chi connectivity index (χ3v) is 4.24. The van der Waals surface area contributed by atoms with E-state index in [0.29, 0.717) is 11.4 Å². The fourth-order valence-corrected chi connectivity index (χ4v) is 2.48. The summed E-state index contributed by atoms with van der Waals surface area (Å²) in [5.74, 6) is -0.287. The van der Waals surface area contributed by atoms with E-state index >= 15 is 0 Å². The summed E-state index contributed by atoms with van der Waals surface area (Å²) in [5.41, 5.74) is -0.274. The maximum atomic E-state index is 12.8. The summed E-state index contributed by atoms with van der Waals surface area (Å²) < 4.78 is 43.5. The van der Waals surface area contributed by atoms with Gasteiger partial charge >= 0.3 is 6.18 Å². The minimum absolute atomic E-state index is 0.0332. The van der Waals surface area contributed by atoms with Crippen molar-refractivity contribution in [2.75, 3.05) is 31.3 Å². The first-order chi connectivity index (χ1) is 13.6. The number of halogens is 3. The summed E-state index contributed by atoms with van der Waals surface area (Å²) in [7, 11) is 3.08. The lowest BCUT2D eigenvalue weighted by molar-refractivity contribution is -0.137. The van der Waals surface area contributed by atoms with Crippen LogP contribution in [-0.4, -0.2) is 43.5 Å². The van der Waals surface area contributed by atoms with Gasteiger partial charge in [0.1, 0.15) is 5.75 Å². The molecule has 0 spiro atoms. The second-order valence-corrected chi connectivity index (χ2v) is 6.44. The summed E-state index contributed by atoms with van der Waals surface area (Å²) >= 11 is 0. The monoisotopic (exact) mass is 409 g/mol. The van der Waals surface area contributed by atoms with Crippen LogP contribution in [0.3, 0.4) is 0 Å². The Morgan fingerprint density at radius 3 is 2.31 bits per heavy atom. The van der Waals surface area contributed by atoms with Crippen molar-refractivity contribution in [2.45, 2.75) is 19.1 Å². The van der Waals surface area contributed by atoms with Crippen molar-refractivity contribution in [3.63, 3.8) is 0 Å². The standard InChI is InChI=1S/C20H22F3N3O3/c1-13(19(28)25-15-7-4-6-14(10-15)20(21,22)23)26(2)12-18(27)24-16-8-5-9-17(11-16)29-3/h4-11,13H,12H2,1-3H3,(H,24,27)(H,25,28)/t13-/m1/s1. The quantitative estimate of drug-likeness (QED) is 0.733. The van der Waals surface area contributed by atoms with Crippen LogP contribution >= 0.6 is 0 Å². The maximum absolute atomic E-state index is 12.8. The molecule has 156 valence electrons. The number of hydrogen-bond donors (Lipinski definition) is 2. The molecule has 0 heterocycles. The third-order valence-electron chi connectivity index (χ3n) is 4.24. The Hall–Kier alpha value is -3.07. The third kappa shape index (κ3) is 6.49. The first-order valence-electron chi connectivity index (χ1n) is 8.72. The van der Waals surface area contributed by atoms with Gasteiger partial charge in [-0.15, -0.1) is 0 Å². The highest BCUT2D eigenvalue weighted by Gasteiger charge is 2.30. The molecule has 0 radical (unpaired) electrons. The number of rotatable bonds is 7. The van der Waals surface area contributed by atoms with Crippen molar-refractivity contribution in [3.8, 4) is 5.75 Å². The van der Waals surface area contributed by atoms with Crippen molar-refractivity contribution in [3.05, 3.63) is 54.1 Å². The van der Waals surface area contributed by atoms with Gasteiger partial charge in [-0.25, -0.2) is 0 Å². The Morgan fingerprint density at radius 1 is 1.07 bits per heavy atom. The summed E-state index contributed by atoms with van der Waals surface area (Å²) in [5, 5.41) is 5.14. The molecule has 9 heteroatoms. The lowest BCUT2D eigenvalue weighted by atomic mass is 10.2. The molecule has 2 rings (SSSR count). The van der Waals surface area contributed by atoms with Gasteiger partial charge in [0.15, 0.2) is 0 Å². The van der Waals surface area contributed by atoms with Gasteiger partial charge in [-0.2, -0.15) is 13.2 Å². The number of methoxy groups -OCH3 is 1. The Bertz CT molecular complexity index is 871. The van der Waals surface area contributed by atoms with Crippen LogP contribution < -0.4 is 15.4 Å². The molecular weight excluding hydrogens is 387 g/mol. The second-order valence-electron chi connectivity index (χ2n) is 6.44. The van der Waals surface area contributed by atoms with Crippen LogP contribution in [0.2, 0.25) is 0 Å². The van der Waals surface area contributed by atoms with E-state index in [4.69, 9.17) is 4.74 Å². The number of carbonyl (C=O) groups excluding carboxylic acids is 2. The van der Waals surface area contributed by atoms with Crippen molar-refractivity contribution < 1.29 is 27.5 Å². The predicted molar refractivity (Wildman–Crippen MR) is 104 cm³/mol. The summed E-state index contributed by atoms with van der Waals surface area (Å²) in [6.07, 6.45) is -4.50. The molecule has 2 aromatic carbocycles. The van der Waals surface area contributed by atoms with E-state index in [-0.39, 0.29) is 18.1 Å². The average molecular weight is 409 g/mol. The van der Waals surface area contributed by atoms with E-state index < -0.39 is 23.7 Å². The van der Waals surface area contributed by atoms with Gasteiger partial charge < -0.3 is 15.4 Å². The normalized spacial score (nSPS) is 12.4. The second kappa shape index (κ2) is 9.42. The zero-order valence-electron chi connectivity index (χ0n) is 16.2. The van der Waals surface area contributed by atoms with Crippen LogP contribution in [0, 0.1) is 0 Å². The van der Waals surface area contributed by atoms with Crippen molar-refractivity contribution in [1.29, 1.82) is 0 Å². The van der Waals surface area contributed by atoms with Crippen LogP contribution in [0.4, 0.5) is 24.5 Å². The predicted octanol–water partition coefficient (Wildman–Crippen LogP) is 3.61. The lowest BCUT2D eigenvalue weighted by Gasteiger charge is -2.23. The first-order valence-corrected chi connectivity index (χ1v) is 8.72. The van der Waals surface area contributed by atoms with E-state index in [0.717, 1.165) is 12.1 Å². The van der Waals surface area contributed by atoms with Gasteiger partial charge in [0.25, 0.3) is 0 Å². The Balaban J connectivity index is 1.94. The van der Waals surface area contributed by atoms with Crippen LogP contribution in [0.5, 0.6) is 5.75 Å². The Kier molecular flexibility index (Phi) is 7.22. The lowest BCUT2D eigenvalue weighted by Crippen LogP contribution is -2.43. The zero-order chi connectivity index (χ0) is 21.6. The molecular formula is C20H22F3N3O3. The molecule has 0 aliphatic heterocycles. The minimum atomic E-state index is -4.50. The number of anilines is 2. The molecule has 2 aromatic rings. The van der Waals surface area contributed by atoms with Crippen molar-refractivity contribution in [1.82, 2.24) is 4.90 Å². The molecule has 0 unspecified atom stereocenters. The van der Waals surface area contributed by atoms with Gasteiger partial charge in [0.05, 0.1) is 25.3 Å². The summed E-state index contributed by atoms with van der Waals surface area (Å²) in [4.78, 5) is 26.1. The highest BCUT2D eigenvalue weighted by Crippen LogP contribution is 2.30. The topological polar surface area (TPSA) is 70.7 Å². The fraction of sp³-hybridized carbons (Fsp3) is 0.300. The van der Waals surface area contributed by atoms with Gasteiger partial charge in [0, 0.05) is 17.4 Å². The van der Waals surface area contributed by atoms with Crippen LogP contribution in [-0.2, 0) is 15.8 Å². The maximum Gasteiger partial charge on any atom is 0.416 e. The molecule has 0 saturated heterocycles. The molecule has 0 aromatic heterocycles. The molecule has 6 nitrogen and oxygen atoms in total. The van der Waals surface area contributed by atoms with E-state index in [9.17, 15) is 22.8 Å². The molecule has 0 aliphatic carbocycles. The smallest absolute Gasteiger partial charge is 0.416 e. The van der Waals surface area contributed by atoms with Crippen LogP contribution in [0.1, 0.15) is 12.5 Å². The molecule has 0 bridgehead atoms. The number of amides is 2. The van der Waals surface area contributed by atoms with Gasteiger partial charge in [-0.1, -0.05) is 12.1 Å². The van der Waals surface area contributed by atoms with Crippen molar-refractivity contribution in [2.24, 2.45) is 0 Å². The zero-order valence-corrected chi connectivity index (χ0v) is 16.2. The number of nitrogens with zero attached hydrogens (tertiary/aromatic N) is 1. The number of nitrogens with one attached hydrogen (secondary N) is 2. The van der Waals surface area contributed by atoms with Crippen molar-refractivity contribution >= 4 is 23.2 Å². The molecule has 1 atom stereocenters. The number of ether oxygens (including phenoxy) is 1. The van der Waals surface area contributed by atoms with E-state index in [2.05, 4.69) is 10.6 Å². The van der Waals surface area contributed by atoms with E-state index in [1.807, 2.05) is 0 Å². The van der Waals surface area contributed by atoms with Crippen LogP contribution in [0.15, 0.2) is 48.5 Å². The largest absolute Gasteiger partial charge is 0.497 e. The number of carbonyl (C=O) groups is 2. The highest BCUT2D eigenvalue weighted by molar-refractivity contribution is 5.96. The molecule has 0 fully saturated rings. The number of hydrogen-bond acceptors (Lipinski definition) is 4. The SMILES string of the molecule is COc1cccc(NC(=O)CN(C)[C@H](C)C(=O)Nc2cccc(C(F)(F)F)c2)c1. The molecule has 0 saturated carbocycles. The first kappa shape index (κ1) is 22.2. The molecule has 0 aliphatic rings. The Morgan fingerprint density at radius 2 is 1.69 bits per heavy atom. The van der Waals surface area contributed by atoms with Gasteiger partial charge in [-0.05, 0) is 44.3 Å². The van der Waals surface area contributed by atoms with Gasteiger partial charge in [0.2, 0.25) is 11.8 Å². The fourth-order valence-electron chi connectivity index (χ4n) is 2.48. The average Bonchev–Trinajstić information content (AvgIpc) is 2.66. The Labute approximate surface area is 166 Å². The summed E-state index contributed by atoms with van der Waals surface area (Å²) in [6, 6.07) is 10.4. The summed E-state index contributed by atoms with van der Waals surface area (Å²) in [6.45, 7) is 1.47. The number of alkyl halides is 3. The van der Waals surface area contributed by atoms with E-state index in [1.165, 1.54) is 24.1 Å². The highest BCUT2D eigenvalue weighted by atomic mass is 19.4. The van der Waals surface area contributed by atoms with E-state index in [1.54, 1.807) is 38.2 Å². The van der Waals surface area contributed by atoms with Gasteiger partial charge in [-0.3, -0.25) is 14.5 Å². The van der Waals surface area contributed by atoms with Crippen LogP contribution in [0.25, 0.3) is 0 Å².